The monoisotopic (exact) mass is 238 g/mol. The van der Waals surface area contributed by atoms with Gasteiger partial charge in [-0.25, -0.2) is 0 Å². The zero-order chi connectivity index (χ0) is 12.8. The Morgan fingerprint density at radius 1 is 1.41 bits per heavy atom. The van der Waals surface area contributed by atoms with Gasteiger partial charge in [0.15, 0.2) is 0 Å². The molecule has 0 amide bonds. The van der Waals surface area contributed by atoms with Gasteiger partial charge in [-0.05, 0) is 6.07 Å². The molecular formula is C12H14O5. The summed E-state index contributed by atoms with van der Waals surface area (Å²) in [6, 6.07) is 4.83. The van der Waals surface area contributed by atoms with Gasteiger partial charge < -0.3 is 19.4 Å². The SMILES string of the molecule is COc1ccc(C(CC=O)C(=O)O)c(OC)c1. The fraction of sp³-hybridized carbons (Fsp3) is 0.333. The van der Waals surface area contributed by atoms with Crippen LogP contribution < -0.4 is 9.47 Å². The summed E-state index contributed by atoms with van der Waals surface area (Å²) in [6.07, 6.45) is 0.500. The van der Waals surface area contributed by atoms with Gasteiger partial charge in [-0.2, -0.15) is 0 Å². The number of aldehydes is 1. The van der Waals surface area contributed by atoms with Crippen molar-refractivity contribution in [2.24, 2.45) is 0 Å². The van der Waals surface area contributed by atoms with E-state index in [1.165, 1.54) is 14.2 Å². The lowest BCUT2D eigenvalue weighted by Gasteiger charge is -2.14. The van der Waals surface area contributed by atoms with Crippen molar-refractivity contribution in [1.29, 1.82) is 0 Å². The third kappa shape index (κ3) is 2.96. The number of hydrogen-bond donors (Lipinski definition) is 1. The Labute approximate surface area is 99.0 Å². The summed E-state index contributed by atoms with van der Waals surface area (Å²) in [5, 5.41) is 9.06. The molecule has 0 saturated heterocycles. The van der Waals surface area contributed by atoms with Crippen LogP contribution in [0.25, 0.3) is 0 Å². The molecule has 0 aliphatic carbocycles. The quantitative estimate of drug-likeness (QED) is 0.759. The van der Waals surface area contributed by atoms with Gasteiger partial charge in [0.25, 0.3) is 0 Å². The second kappa shape index (κ2) is 5.89. The molecule has 0 saturated carbocycles. The lowest BCUT2D eigenvalue weighted by molar-refractivity contribution is -0.139. The van der Waals surface area contributed by atoms with Crippen LogP contribution in [0.1, 0.15) is 17.9 Å². The Hall–Kier alpha value is -2.04. The van der Waals surface area contributed by atoms with E-state index < -0.39 is 11.9 Å². The van der Waals surface area contributed by atoms with Crippen molar-refractivity contribution < 1.29 is 24.2 Å². The third-order valence-corrected chi connectivity index (χ3v) is 2.45. The fourth-order valence-corrected chi connectivity index (χ4v) is 1.56. The molecular weight excluding hydrogens is 224 g/mol. The molecule has 0 spiro atoms. The van der Waals surface area contributed by atoms with Crippen LogP contribution >= 0.6 is 0 Å². The smallest absolute Gasteiger partial charge is 0.311 e. The van der Waals surface area contributed by atoms with Crippen molar-refractivity contribution in [3.05, 3.63) is 23.8 Å². The highest BCUT2D eigenvalue weighted by atomic mass is 16.5. The normalized spacial score (nSPS) is 11.6. The van der Waals surface area contributed by atoms with Gasteiger partial charge in [0.1, 0.15) is 17.8 Å². The molecule has 0 aliphatic rings. The van der Waals surface area contributed by atoms with Gasteiger partial charge in [0, 0.05) is 18.1 Å². The number of benzene rings is 1. The van der Waals surface area contributed by atoms with Gasteiger partial charge in [0.2, 0.25) is 0 Å². The third-order valence-electron chi connectivity index (χ3n) is 2.45. The molecule has 5 heteroatoms. The first kappa shape index (κ1) is 13.0. The summed E-state index contributed by atoms with van der Waals surface area (Å²) in [7, 11) is 2.95. The van der Waals surface area contributed by atoms with Crippen LogP contribution in [-0.2, 0) is 9.59 Å². The van der Waals surface area contributed by atoms with Crippen LogP contribution in [0.5, 0.6) is 11.5 Å². The number of aliphatic carboxylic acids is 1. The van der Waals surface area contributed by atoms with E-state index in [-0.39, 0.29) is 6.42 Å². The maximum atomic E-state index is 11.1. The van der Waals surface area contributed by atoms with Crippen LogP contribution in [0.2, 0.25) is 0 Å². The van der Waals surface area contributed by atoms with Crippen molar-refractivity contribution in [3.8, 4) is 11.5 Å². The van der Waals surface area contributed by atoms with E-state index in [9.17, 15) is 9.59 Å². The van der Waals surface area contributed by atoms with Crippen molar-refractivity contribution in [3.63, 3.8) is 0 Å². The van der Waals surface area contributed by atoms with Gasteiger partial charge in [0.05, 0.1) is 20.1 Å². The number of ether oxygens (including phenoxy) is 2. The van der Waals surface area contributed by atoms with E-state index in [1.54, 1.807) is 18.2 Å². The maximum Gasteiger partial charge on any atom is 0.311 e. The number of carboxylic acid groups (broad SMARTS) is 1. The van der Waals surface area contributed by atoms with Gasteiger partial charge in [-0.3, -0.25) is 4.79 Å². The molecule has 0 radical (unpaired) electrons. The lowest BCUT2D eigenvalue weighted by Crippen LogP contribution is -2.13. The Kier molecular flexibility index (Phi) is 4.51. The van der Waals surface area contributed by atoms with E-state index in [1.807, 2.05) is 0 Å². The number of rotatable bonds is 6. The minimum atomic E-state index is -1.06. The predicted molar refractivity (Wildman–Crippen MR) is 60.6 cm³/mol. The van der Waals surface area contributed by atoms with Crippen LogP contribution in [0.4, 0.5) is 0 Å². The second-order valence-electron chi connectivity index (χ2n) is 3.40. The van der Waals surface area contributed by atoms with Crippen molar-refractivity contribution in [2.45, 2.75) is 12.3 Å². The summed E-state index contributed by atoms with van der Waals surface area (Å²) < 4.78 is 10.1. The topological polar surface area (TPSA) is 72.8 Å². The molecule has 0 fully saturated rings. The molecule has 1 aromatic rings. The number of carboxylic acids is 1. The van der Waals surface area contributed by atoms with Crippen LogP contribution in [-0.4, -0.2) is 31.6 Å². The Bertz CT molecular complexity index is 413. The summed E-state index contributed by atoms with van der Waals surface area (Å²) in [5.41, 5.74) is 0.466. The lowest BCUT2D eigenvalue weighted by atomic mass is 9.95. The Balaban J connectivity index is 3.17. The molecule has 0 aliphatic heterocycles. The zero-order valence-corrected chi connectivity index (χ0v) is 9.67. The van der Waals surface area contributed by atoms with Crippen molar-refractivity contribution in [2.75, 3.05) is 14.2 Å². The molecule has 0 bridgehead atoms. The average molecular weight is 238 g/mol. The molecule has 0 aromatic heterocycles. The van der Waals surface area contributed by atoms with Crippen LogP contribution in [0.3, 0.4) is 0 Å². The molecule has 5 nitrogen and oxygen atoms in total. The van der Waals surface area contributed by atoms with Crippen molar-refractivity contribution >= 4 is 12.3 Å². The highest BCUT2D eigenvalue weighted by Gasteiger charge is 2.23. The standard InChI is InChI=1S/C12H14O5/c1-16-8-3-4-9(11(7-8)17-2)10(5-6-13)12(14)15/h3-4,6-7,10H,5H2,1-2H3,(H,14,15). The Morgan fingerprint density at radius 3 is 2.59 bits per heavy atom. The minimum Gasteiger partial charge on any atom is -0.497 e. The molecule has 17 heavy (non-hydrogen) atoms. The summed E-state index contributed by atoms with van der Waals surface area (Å²) in [5.74, 6) is -0.978. The van der Waals surface area contributed by atoms with Gasteiger partial charge in [-0.1, -0.05) is 6.07 Å². The average Bonchev–Trinajstić information content (AvgIpc) is 2.35. The summed E-state index contributed by atoms with van der Waals surface area (Å²) in [6.45, 7) is 0. The highest BCUT2D eigenvalue weighted by molar-refractivity contribution is 5.80. The van der Waals surface area contributed by atoms with Gasteiger partial charge in [-0.15, -0.1) is 0 Å². The molecule has 1 atom stereocenters. The largest absolute Gasteiger partial charge is 0.497 e. The zero-order valence-electron chi connectivity index (χ0n) is 9.67. The number of carbonyl (C=O) groups is 2. The molecule has 1 N–H and O–H groups in total. The van der Waals surface area contributed by atoms with Crippen LogP contribution in [0, 0.1) is 0 Å². The summed E-state index contributed by atoms with van der Waals surface area (Å²) in [4.78, 5) is 21.6. The van der Waals surface area contributed by atoms with E-state index >= 15 is 0 Å². The first-order valence-corrected chi connectivity index (χ1v) is 5.02. The fourth-order valence-electron chi connectivity index (χ4n) is 1.56. The molecule has 1 aromatic carbocycles. The van der Waals surface area contributed by atoms with Gasteiger partial charge >= 0.3 is 5.97 Å². The van der Waals surface area contributed by atoms with Crippen LogP contribution in [0.15, 0.2) is 18.2 Å². The predicted octanol–water partition coefficient (Wildman–Crippen LogP) is 1.46. The second-order valence-corrected chi connectivity index (χ2v) is 3.40. The number of hydrogen-bond acceptors (Lipinski definition) is 4. The first-order chi connectivity index (χ1) is 8.13. The van der Waals surface area contributed by atoms with E-state index in [0.717, 1.165) is 0 Å². The summed E-state index contributed by atoms with van der Waals surface area (Å²) >= 11 is 0. The van der Waals surface area contributed by atoms with E-state index in [2.05, 4.69) is 0 Å². The highest BCUT2D eigenvalue weighted by Crippen LogP contribution is 2.32. The van der Waals surface area contributed by atoms with E-state index in [4.69, 9.17) is 14.6 Å². The van der Waals surface area contributed by atoms with Crippen molar-refractivity contribution in [1.82, 2.24) is 0 Å². The molecule has 0 heterocycles. The van der Waals surface area contributed by atoms with E-state index in [0.29, 0.717) is 23.3 Å². The maximum absolute atomic E-state index is 11.1. The molecule has 92 valence electrons. The number of carbonyl (C=O) groups excluding carboxylic acids is 1. The molecule has 1 unspecified atom stereocenters. The first-order valence-electron chi connectivity index (χ1n) is 5.02. The molecule has 1 rings (SSSR count). The minimum absolute atomic E-state index is 0.0853. The number of methoxy groups -OCH3 is 2. The Morgan fingerprint density at radius 2 is 2.12 bits per heavy atom.